The minimum atomic E-state index is 0.0291. The summed E-state index contributed by atoms with van der Waals surface area (Å²) in [6, 6.07) is 2.31. The van der Waals surface area contributed by atoms with Crippen LogP contribution >= 0.6 is 0 Å². The van der Waals surface area contributed by atoms with E-state index in [1.54, 1.807) is 0 Å². The molecule has 0 atom stereocenters. The molecule has 2 rings (SSSR count). The van der Waals surface area contributed by atoms with Gasteiger partial charge in [-0.2, -0.15) is 0 Å². The predicted molar refractivity (Wildman–Crippen MR) is 60.8 cm³/mol. The Hall–Kier alpha value is -1.29. The van der Waals surface area contributed by atoms with Crippen LogP contribution < -0.4 is 0 Å². The Bertz CT molecular complexity index is 369. The van der Waals surface area contributed by atoms with Crippen molar-refractivity contribution >= 4 is 5.91 Å². The number of carbonyl (C=O) groups excluding carboxylic acids is 1. The number of likely N-dealkylation sites (N-methyl/N-ethyl adjacent to an activating group) is 1. The van der Waals surface area contributed by atoms with Gasteiger partial charge in [0, 0.05) is 25.0 Å². The van der Waals surface area contributed by atoms with Gasteiger partial charge >= 0.3 is 0 Å². The van der Waals surface area contributed by atoms with Crippen molar-refractivity contribution in [3.63, 3.8) is 0 Å². The minimum absolute atomic E-state index is 0.0291. The maximum Gasteiger partial charge on any atom is 0.242 e. The van der Waals surface area contributed by atoms with Crippen LogP contribution in [-0.4, -0.2) is 33.1 Å². The van der Waals surface area contributed by atoms with Crippen LogP contribution in [0.15, 0.2) is 18.5 Å². The third kappa shape index (κ3) is 2.44. The van der Waals surface area contributed by atoms with Crippen LogP contribution in [0.3, 0.4) is 0 Å². The van der Waals surface area contributed by atoms with Crippen LogP contribution in [-0.2, 0) is 17.9 Å². The van der Waals surface area contributed by atoms with Crippen molar-refractivity contribution in [1.29, 1.82) is 0 Å². The lowest BCUT2D eigenvalue weighted by molar-refractivity contribution is -0.132. The lowest BCUT2D eigenvalue weighted by atomic mass is 10.4. The van der Waals surface area contributed by atoms with Crippen LogP contribution in [0.4, 0.5) is 0 Å². The topological polar surface area (TPSA) is 45.5 Å². The fourth-order valence-corrected chi connectivity index (χ4v) is 1.95. The SMILES string of the molecule is CCN(C(=O)Cn1ccc(CO)c1)C1CC1. The molecular formula is C12H18N2O2. The molecule has 1 amide bonds. The van der Waals surface area contributed by atoms with Crippen molar-refractivity contribution in [2.24, 2.45) is 0 Å². The zero-order valence-electron chi connectivity index (χ0n) is 9.59. The molecule has 16 heavy (non-hydrogen) atoms. The van der Waals surface area contributed by atoms with E-state index in [9.17, 15) is 4.79 Å². The molecule has 0 bridgehead atoms. The summed E-state index contributed by atoms with van der Waals surface area (Å²) in [5, 5.41) is 8.93. The zero-order valence-corrected chi connectivity index (χ0v) is 9.59. The maximum absolute atomic E-state index is 12.0. The normalized spacial score (nSPS) is 15.1. The molecule has 4 nitrogen and oxygen atoms in total. The van der Waals surface area contributed by atoms with E-state index in [2.05, 4.69) is 0 Å². The number of hydrogen-bond donors (Lipinski definition) is 1. The molecule has 1 saturated carbocycles. The van der Waals surface area contributed by atoms with Gasteiger partial charge in [0.2, 0.25) is 5.91 Å². The van der Waals surface area contributed by atoms with E-state index in [0.717, 1.165) is 24.9 Å². The van der Waals surface area contributed by atoms with Crippen molar-refractivity contribution < 1.29 is 9.90 Å². The second-order valence-corrected chi connectivity index (χ2v) is 4.26. The van der Waals surface area contributed by atoms with Crippen LogP contribution in [0.2, 0.25) is 0 Å². The van der Waals surface area contributed by atoms with Gasteiger partial charge in [-0.05, 0) is 31.4 Å². The summed E-state index contributed by atoms with van der Waals surface area (Å²) in [6.45, 7) is 3.22. The highest BCUT2D eigenvalue weighted by molar-refractivity contribution is 5.76. The van der Waals surface area contributed by atoms with Crippen LogP contribution in [0.25, 0.3) is 0 Å². The number of rotatable bonds is 5. The first-order valence-electron chi connectivity index (χ1n) is 5.79. The van der Waals surface area contributed by atoms with E-state index in [1.807, 2.05) is 34.9 Å². The summed E-state index contributed by atoms with van der Waals surface area (Å²) in [4.78, 5) is 13.9. The number of hydrogen-bond acceptors (Lipinski definition) is 2. The summed E-state index contributed by atoms with van der Waals surface area (Å²) >= 11 is 0. The zero-order chi connectivity index (χ0) is 11.5. The Kier molecular flexibility index (Phi) is 3.29. The number of aliphatic hydroxyl groups is 1. The first kappa shape index (κ1) is 11.2. The average molecular weight is 222 g/mol. The van der Waals surface area contributed by atoms with E-state index in [0.29, 0.717) is 12.6 Å². The predicted octanol–water partition coefficient (Wildman–Crippen LogP) is 0.991. The minimum Gasteiger partial charge on any atom is -0.392 e. The van der Waals surface area contributed by atoms with Gasteiger partial charge in [0.05, 0.1) is 6.61 Å². The number of nitrogens with zero attached hydrogens (tertiary/aromatic N) is 2. The van der Waals surface area contributed by atoms with Gasteiger partial charge < -0.3 is 14.6 Å². The summed E-state index contributed by atoms with van der Waals surface area (Å²) in [5.74, 6) is 0.171. The Balaban J connectivity index is 1.94. The fourth-order valence-electron chi connectivity index (χ4n) is 1.95. The van der Waals surface area contributed by atoms with E-state index in [4.69, 9.17) is 5.11 Å². The molecule has 1 aromatic rings. The van der Waals surface area contributed by atoms with E-state index < -0.39 is 0 Å². The highest BCUT2D eigenvalue weighted by Crippen LogP contribution is 2.26. The van der Waals surface area contributed by atoms with Gasteiger partial charge in [0.15, 0.2) is 0 Å². The molecule has 1 heterocycles. The molecule has 1 aliphatic carbocycles. The highest BCUT2D eigenvalue weighted by atomic mass is 16.3. The van der Waals surface area contributed by atoms with Gasteiger partial charge in [0.25, 0.3) is 0 Å². The molecule has 1 N–H and O–H groups in total. The average Bonchev–Trinajstić information content (AvgIpc) is 2.99. The summed E-state index contributed by atoms with van der Waals surface area (Å²) in [6.07, 6.45) is 5.95. The molecule has 1 aliphatic rings. The molecular weight excluding hydrogens is 204 g/mol. The van der Waals surface area contributed by atoms with E-state index >= 15 is 0 Å². The second kappa shape index (κ2) is 4.70. The van der Waals surface area contributed by atoms with Crippen LogP contribution in [0.5, 0.6) is 0 Å². The van der Waals surface area contributed by atoms with Crippen molar-refractivity contribution in [3.05, 3.63) is 24.0 Å². The largest absolute Gasteiger partial charge is 0.392 e. The monoisotopic (exact) mass is 222 g/mol. The van der Waals surface area contributed by atoms with Crippen molar-refractivity contribution in [2.75, 3.05) is 6.54 Å². The van der Waals surface area contributed by atoms with E-state index in [1.165, 1.54) is 0 Å². The molecule has 1 fully saturated rings. The van der Waals surface area contributed by atoms with Gasteiger partial charge in [-0.15, -0.1) is 0 Å². The smallest absolute Gasteiger partial charge is 0.242 e. The van der Waals surface area contributed by atoms with Gasteiger partial charge in [-0.25, -0.2) is 0 Å². The Labute approximate surface area is 95.5 Å². The van der Waals surface area contributed by atoms with Gasteiger partial charge in [0.1, 0.15) is 6.54 Å². The summed E-state index contributed by atoms with van der Waals surface area (Å²) in [7, 11) is 0. The van der Waals surface area contributed by atoms with Gasteiger partial charge in [-0.1, -0.05) is 0 Å². The number of carbonyl (C=O) groups is 1. The third-order valence-corrected chi connectivity index (χ3v) is 2.96. The molecule has 88 valence electrons. The van der Waals surface area contributed by atoms with Crippen LogP contribution in [0, 0.1) is 0 Å². The van der Waals surface area contributed by atoms with Crippen LogP contribution in [0.1, 0.15) is 25.3 Å². The molecule has 4 heteroatoms. The molecule has 0 aliphatic heterocycles. The lowest BCUT2D eigenvalue weighted by Crippen LogP contribution is -2.35. The van der Waals surface area contributed by atoms with Crippen molar-refractivity contribution in [1.82, 2.24) is 9.47 Å². The summed E-state index contributed by atoms with van der Waals surface area (Å²) in [5.41, 5.74) is 0.849. The molecule has 0 aromatic carbocycles. The first-order valence-corrected chi connectivity index (χ1v) is 5.79. The second-order valence-electron chi connectivity index (χ2n) is 4.26. The van der Waals surface area contributed by atoms with Crippen molar-refractivity contribution in [2.45, 2.75) is 39.0 Å². The van der Waals surface area contributed by atoms with E-state index in [-0.39, 0.29) is 12.5 Å². The third-order valence-electron chi connectivity index (χ3n) is 2.96. The molecule has 0 spiro atoms. The Morgan fingerprint density at radius 2 is 2.38 bits per heavy atom. The van der Waals surface area contributed by atoms with Gasteiger partial charge in [-0.3, -0.25) is 4.79 Å². The molecule has 1 aromatic heterocycles. The quantitative estimate of drug-likeness (QED) is 0.807. The highest BCUT2D eigenvalue weighted by Gasteiger charge is 2.31. The first-order chi connectivity index (χ1) is 7.74. The summed E-state index contributed by atoms with van der Waals surface area (Å²) < 4.78 is 1.83. The fraction of sp³-hybridized carbons (Fsp3) is 0.583. The Morgan fingerprint density at radius 1 is 1.62 bits per heavy atom. The number of amides is 1. The lowest BCUT2D eigenvalue weighted by Gasteiger charge is -2.20. The molecule has 0 unspecified atom stereocenters. The Morgan fingerprint density at radius 3 is 2.88 bits per heavy atom. The van der Waals surface area contributed by atoms with Crippen molar-refractivity contribution in [3.8, 4) is 0 Å². The number of aliphatic hydroxyl groups excluding tert-OH is 1. The molecule has 0 saturated heterocycles. The standard InChI is InChI=1S/C12H18N2O2/c1-2-14(11-3-4-11)12(16)8-13-6-5-10(7-13)9-15/h5-7,11,15H,2-4,8-9H2,1H3. The maximum atomic E-state index is 12.0. The molecule has 0 radical (unpaired) electrons. The number of aromatic nitrogens is 1.